The number of Topliss-reactive ketones (excluding diaryl/α,β-unsaturated/α-hetero) is 2. The Balaban J connectivity index is 1.88. The van der Waals surface area contributed by atoms with E-state index in [0.717, 1.165) is 11.1 Å². The van der Waals surface area contributed by atoms with Crippen molar-refractivity contribution < 1.29 is 19.1 Å². The van der Waals surface area contributed by atoms with Crippen molar-refractivity contribution >= 4 is 45.8 Å². The number of thiocarbonyl (C=S) groups is 1. The van der Waals surface area contributed by atoms with E-state index in [2.05, 4.69) is 0 Å². The number of ether oxygens (including phenoxy) is 1. The summed E-state index contributed by atoms with van der Waals surface area (Å²) < 4.78 is 5.57. The maximum atomic E-state index is 13.0. The van der Waals surface area contributed by atoms with Crippen LogP contribution >= 0.6 is 24.0 Å². The van der Waals surface area contributed by atoms with Gasteiger partial charge in [0.05, 0.1) is 18.4 Å². The van der Waals surface area contributed by atoms with E-state index in [4.69, 9.17) is 17.0 Å². The lowest BCUT2D eigenvalue weighted by molar-refractivity contribution is -0.142. The zero-order valence-corrected chi connectivity index (χ0v) is 16.9. The lowest BCUT2D eigenvalue weighted by Gasteiger charge is -2.41. The molecule has 1 aliphatic carbocycles. The first kappa shape index (κ1) is 20.0. The van der Waals surface area contributed by atoms with E-state index in [9.17, 15) is 14.4 Å². The average molecular weight is 406 g/mol. The lowest BCUT2D eigenvalue weighted by atomic mass is 9.75. The predicted molar refractivity (Wildman–Crippen MR) is 109 cm³/mol. The molecule has 1 heterocycles. The summed E-state index contributed by atoms with van der Waals surface area (Å²) in [5, 5.41) is 0. The first-order valence-electron chi connectivity index (χ1n) is 9.25. The predicted octanol–water partition coefficient (Wildman–Crippen LogP) is 3.11. The van der Waals surface area contributed by atoms with E-state index in [1.165, 1.54) is 11.8 Å². The van der Waals surface area contributed by atoms with Crippen molar-refractivity contribution in [3.8, 4) is 0 Å². The SMILES string of the molecule is CCOC(=S)SCC(=O)N1CCc2ccccc2[C@@H]1C1C(=O)CCCC1=O. The van der Waals surface area contributed by atoms with Crippen molar-refractivity contribution in [3.63, 3.8) is 0 Å². The van der Waals surface area contributed by atoms with Gasteiger partial charge in [0.25, 0.3) is 0 Å². The summed E-state index contributed by atoms with van der Waals surface area (Å²) in [5.74, 6) is -0.834. The van der Waals surface area contributed by atoms with E-state index in [1.807, 2.05) is 31.2 Å². The van der Waals surface area contributed by atoms with Gasteiger partial charge in [0, 0.05) is 19.4 Å². The molecule has 5 nitrogen and oxygen atoms in total. The summed E-state index contributed by atoms with van der Waals surface area (Å²) in [5.41, 5.74) is 2.03. The first-order chi connectivity index (χ1) is 13.0. The third kappa shape index (κ3) is 4.41. The summed E-state index contributed by atoms with van der Waals surface area (Å²) in [6.45, 7) is 2.80. The lowest BCUT2D eigenvalue weighted by Crippen LogP contribution is -2.48. The van der Waals surface area contributed by atoms with Crippen molar-refractivity contribution in [1.82, 2.24) is 4.90 Å². The van der Waals surface area contributed by atoms with E-state index in [1.54, 1.807) is 4.90 Å². The van der Waals surface area contributed by atoms with Gasteiger partial charge in [0.1, 0.15) is 17.5 Å². The van der Waals surface area contributed by atoms with Crippen molar-refractivity contribution in [2.24, 2.45) is 5.92 Å². The number of hydrogen-bond acceptors (Lipinski definition) is 6. The molecule has 1 aliphatic heterocycles. The second-order valence-corrected chi connectivity index (χ2v) is 8.29. The minimum absolute atomic E-state index is 0.0526. The number of hydrogen-bond donors (Lipinski definition) is 0. The van der Waals surface area contributed by atoms with Crippen LogP contribution in [0.25, 0.3) is 0 Å². The molecule has 1 aromatic rings. The number of rotatable bonds is 4. The summed E-state index contributed by atoms with van der Waals surface area (Å²) in [6.07, 6.45) is 2.13. The van der Waals surface area contributed by atoms with Gasteiger partial charge in [0.2, 0.25) is 10.3 Å². The van der Waals surface area contributed by atoms with Crippen LogP contribution in [0.2, 0.25) is 0 Å². The molecule has 1 atom stereocenters. The van der Waals surface area contributed by atoms with Gasteiger partial charge >= 0.3 is 0 Å². The van der Waals surface area contributed by atoms with E-state index in [-0.39, 0.29) is 23.2 Å². The fourth-order valence-electron chi connectivity index (χ4n) is 3.88. The topological polar surface area (TPSA) is 63.7 Å². The monoisotopic (exact) mass is 405 g/mol. The van der Waals surface area contributed by atoms with Crippen LogP contribution in [0.3, 0.4) is 0 Å². The number of carbonyl (C=O) groups is 3. The van der Waals surface area contributed by atoms with Crippen LogP contribution in [-0.2, 0) is 25.5 Å². The highest BCUT2D eigenvalue weighted by Crippen LogP contribution is 2.39. The van der Waals surface area contributed by atoms with Crippen LogP contribution in [0, 0.1) is 5.92 Å². The van der Waals surface area contributed by atoms with Crippen molar-refractivity contribution in [2.75, 3.05) is 18.9 Å². The Kier molecular flexibility index (Phi) is 6.65. The Morgan fingerprint density at radius 2 is 1.93 bits per heavy atom. The van der Waals surface area contributed by atoms with Gasteiger partial charge in [-0.1, -0.05) is 36.0 Å². The molecular formula is C20H23NO4S2. The Hall–Kier alpha value is -1.73. The van der Waals surface area contributed by atoms with Gasteiger partial charge in [-0.3, -0.25) is 14.4 Å². The summed E-state index contributed by atoms with van der Waals surface area (Å²) in [7, 11) is 0. The van der Waals surface area contributed by atoms with Crippen LogP contribution in [0.15, 0.2) is 24.3 Å². The van der Waals surface area contributed by atoms with Gasteiger partial charge in [-0.15, -0.1) is 0 Å². The molecule has 27 heavy (non-hydrogen) atoms. The average Bonchev–Trinajstić information content (AvgIpc) is 2.66. The summed E-state index contributed by atoms with van der Waals surface area (Å²) >= 11 is 6.27. The molecule has 0 aromatic heterocycles. The zero-order valence-electron chi connectivity index (χ0n) is 15.3. The molecule has 3 rings (SSSR count). The molecule has 0 bridgehead atoms. The standard InChI is InChI=1S/C20H23NO4S2/c1-2-25-20(26)27-12-17(24)21-11-10-13-6-3-4-7-14(13)19(21)18-15(22)8-5-9-16(18)23/h3-4,6-7,18-19H,2,5,8-12H2,1H3/t19-/m1/s1. The Morgan fingerprint density at radius 3 is 2.63 bits per heavy atom. The van der Waals surface area contributed by atoms with E-state index >= 15 is 0 Å². The molecule has 0 unspecified atom stereocenters. The quantitative estimate of drug-likeness (QED) is 0.567. The summed E-state index contributed by atoms with van der Waals surface area (Å²) in [6, 6.07) is 7.29. The largest absolute Gasteiger partial charge is 0.479 e. The van der Waals surface area contributed by atoms with Crippen molar-refractivity contribution in [3.05, 3.63) is 35.4 Å². The fraction of sp³-hybridized carbons (Fsp3) is 0.500. The zero-order chi connectivity index (χ0) is 19.4. The molecule has 0 radical (unpaired) electrons. The first-order valence-corrected chi connectivity index (χ1v) is 10.6. The molecule has 1 fully saturated rings. The van der Waals surface area contributed by atoms with Gasteiger partial charge < -0.3 is 9.64 Å². The Morgan fingerprint density at radius 1 is 1.22 bits per heavy atom. The number of thioether (sulfide) groups is 1. The number of ketones is 2. The molecular weight excluding hydrogens is 382 g/mol. The van der Waals surface area contributed by atoms with Crippen LogP contribution in [0.4, 0.5) is 0 Å². The molecule has 0 N–H and O–H groups in total. The molecule has 1 aromatic carbocycles. The Labute approximate surface area is 168 Å². The minimum Gasteiger partial charge on any atom is -0.479 e. The maximum absolute atomic E-state index is 13.0. The van der Waals surface area contributed by atoms with Crippen LogP contribution < -0.4 is 0 Å². The third-order valence-corrected chi connectivity index (χ3v) is 6.30. The van der Waals surface area contributed by atoms with Crippen molar-refractivity contribution in [2.45, 2.75) is 38.6 Å². The van der Waals surface area contributed by atoms with Crippen LogP contribution in [0.1, 0.15) is 43.4 Å². The molecule has 7 heteroatoms. The normalized spacial score (nSPS) is 20.3. The van der Waals surface area contributed by atoms with Gasteiger partial charge in [-0.2, -0.15) is 0 Å². The molecule has 0 saturated heterocycles. The second-order valence-electron chi connectivity index (χ2n) is 6.72. The third-order valence-electron chi connectivity index (χ3n) is 5.08. The smallest absolute Gasteiger partial charge is 0.233 e. The van der Waals surface area contributed by atoms with E-state index in [0.29, 0.717) is 43.2 Å². The van der Waals surface area contributed by atoms with Gasteiger partial charge in [-0.05, 0) is 43.1 Å². The van der Waals surface area contributed by atoms with Gasteiger partial charge in [-0.25, -0.2) is 0 Å². The van der Waals surface area contributed by atoms with Crippen LogP contribution in [0.5, 0.6) is 0 Å². The fourth-order valence-corrected chi connectivity index (χ4v) is 4.78. The number of nitrogens with zero attached hydrogens (tertiary/aromatic N) is 1. The van der Waals surface area contributed by atoms with E-state index < -0.39 is 12.0 Å². The number of amides is 1. The molecule has 0 spiro atoms. The highest BCUT2D eigenvalue weighted by molar-refractivity contribution is 8.23. The number of carbonyl (C=O) groups excluding carboxylic acids is 3. The Bertz CT molecular complexity index is 748. The highest BCUT2D eigenvalue weighted by Gasteiger charge is 2.44. The molecule has 1 amide bonds. The number of fused-ring (bicyclic) bond motifs is 1. The molecule has 2 aliphatic rings. The minimum atomic E-state index is -0.756. The number of benzene rings is 1. The molecule has 144 valence electrons. The second kappa shape index (κ2) is 8.97. The van der Waals surface area contributed by atoms with Crippen molar-refractivity contribution in [1.29, 1.82) is 0 Å². The highest BCUT2D eigenvalue weighted by atomic mass is 32.2. The molecule has 1 saturated carbocycles. The summed E-state index contributed by atoms with van der Waals surface area (Å²) in [4.78, 5) is 39.9. The maximum Gasteiger partial charge on any atom is 0.233 e. The van der Waals surface area contributed by atoms with Crippen LogP contribution in [-0.4, -0.2) is 45.7 Å². The van der Waals surface area contributed by atoms with Gasteiger partial charge in [0.15, 0.2) is 0 Å².